The zero-order valence-electron chi connectivity index (χ0n) is 12.7. The Morgan fingerprint density at radius 3 is 2.19 bits per heavy atom. The highest BCUT2D eigenvalue weighted by molar-refractivity contribution is 6.35. The first-order valence-electron chi connectivity index (χ1n) is 7.23. The first-order valence-corrected chi connectivity index (χ1v) is 7.61. The van der Waals surface area contributed by atoms with E-state index in [0.29, 0.717) is 16.9 Å². The van der Waals surface area contributed by atoms with E-state index in [9.17, 15) is 0 Å². The average molecular weight is 300 g/mol. The number of nitrogens with zero attached hydrogens (tertiary/aromatic N) is 3. The van der Waals surface area contributed by atoms with Gasteiger partial charge in [0.15, 0.2) is 0 Å². The van der Waals surface area contributed by atoms with E-state index < -0.39 is 0 Å². The van der Waals surface area contributed by atoms with Gasteiger partial charge < -0.3 is 0 Å². The maximum atomic E-state index is 6.38. The second kappa shape index (κ2) is 5.23. The minimum atomic E-state index is 0.315. The summed E-state index contributed by atoms with van der Waals surface area (Å²) in [4.78, 5) is 14.0. The summed E-state index contributed by atoms with van der Waals surface area (Å²) in [6.07, 6.45) is 1.82. The molecule has 0 unspecified atom stereocenters. The Labute approximate surface area is 129 Å². The third kappa shape index (κ3) is 2.46. The van der Waals surface area contributed by atoms with Crippen molar-refractivity contribution >= 4 is 33.5 Å². The lowest BCUT2D eigenvalue weighted by molar-refractivity contribution is 0.826. The van der Waals surface area contributed by atoms with E-state index in [1.165, 1.54) is 0 Å². The number of fused-ring (bicyclic) bond motifs is 3. The van der Waals surface area contributed by atoms with E-state index in [4.69, 9.17) is 21.6 Å². The monoisotopic (exact) mass is 299 g/mol. The molecule has 0 radical (unpaired) electrons. The maximum Gasteiger partial charge on any atom is 0.117 e. The molecule has 0 spiro atoms. The van der Waals surface area contributed by atoms with Crippen LogP contribution in [0.3, 0.4) is 0 Å². The number of aromatic nitrogens is 3. The largest absolute Gasteiger partial charge is 0.252 e. The SMILES string of the molecule is CC(C)c1ccc2cnc3c(Cl)cc(C(C)C)nc3c2n1. The van der Waals surface area contributed by atoms with Crippen molar-refractivity contribution in [2.75, 3.05) is 0 Å². The topological polar surface area (TPSA) is 38.7 Å². The zero-order chi connectivity index (χ0) is 15.1. The molecule has 0 bridgehead atoms. The van der Waals surface area contributed by atoms with Crippen molar-refractivity contribution in [2.24, 2.45) is 0 Å². The normalized spacial score (nSPS) is 12.0. The van der Waals surface area contributed by atoms with Crippen LogP contribution in [-0.4, -0.2) is 15.0 Å². The van der Waals surface area contributed by atoms with Crippen molar-refractivity contribution in [3.05, 3.63) is 40.8 Å². The van der Waals surface area contributed by atoms with Crippen molar-refractivity contribution < 1.29 is 0 Å². The van der Waals surface area contributed by atoms with E-state index >= 15 is 0 Å². The van der Waals surface area contributed by atoms with Crippen LogP contribution in [0.4, 0.5) is 0 Å². The van der Waals surface area contributed by atoms with Crippen LogP contribution in [-0.2, 0) is 0 Å². The van der Waals surface area contributed by atoms with Crippen LogP contribution in [0.1, 0.15) is 50.9 Å². The van der Waals surface area contributed by atoms with E-state index in [1.807, 2.05) is 12.3 Å². The molecule has 0 aliphatic heterocycles. The number of hydrogen-bond donors (Lipinski definition) is 0. The van der Waals surface area contributed by atoms with Gasteiger partial charge in [-0.15, -0.1) is 0 Å². The van der Waals surface area contributed by atoms with Gasteiger partial charge in [-0.3, -0.25) is 9.97 Å². The van der Waals surface area contributed by atoms with Crippen molar-refractivity contribution in [3.8, 4) is 0 Å². The summed E-state index contributed by atoms with van der Waals surface area (Å²) in [7, 11) is 0. The van der Waals surface area contributed by atoms with Gasteiger partial charge in [-0.2, -0.15) is 0 Å². The second-order valence-corrected chi connectivity index (χ2v) is 6.37. The molecule has 108 valence electrons. The van der Waals surface area contributed by atoms with E-state index in [2.05, 4.69) is 44.8 Å². The number of halogens is 1. The summed E-state index contributed by atoms with van der Waals surface area (Å²) in [6, 6.07) is 6.01. The molecule has 3 heterocycles. The minimum Gasteiger partial charge on any atom is -0.252 e. The Bertz CT molecular complexity index is 825. The lowest BCUT2D eigenvalue weighted by Crippen LogP contribution is -1.98. The average Bonchev–Trinajstić information content (AvgIpc) is 2.46. The summed E-state index contributed by atoms with van der Waals surface area (Å²) >= 11 is 6.38. The first-order chi connectivity index (χ1) is 9.97. The molecule has 0 atom stereocenters. The highest BCUT2D eigenvalue weighted by Gasteiger charge is 2.13. The van der Waals surface area contributed by atoms with Gasteiger partial charge in [0.2, 0.25) is 0 Å². The summed E-state index contributed by atoms with van der Waals surface area (Å²) in [5.74, 6) is 0.691. The van der Waals surface area contributed by atoms with Gasteiger partial charge in [-0.25, -0.2) is 4.98 Å². The van der Waals surface area contributed by atoms with Gasteiger partial charge in [0.05, 0.1) is 10.5 Å². The van der Waals surface area contributed by atoms with Crippen molar-refractivity contribution in [1.82, 2.24) is 15.0 Å². The molecule has 4 heteroatoms. The fourth-order valence-corrected chi connectivity index (χ4v) is 2.59. The van der Waals surface area contributed by atoms with Crippen LogP contribution in [0.15, 0.2) is 24.4 Å². The fraction of sp³-hybridized carbons (Fsp3) is 0.353. The van der Waals surface area contributed by atoms with E-state index in [0.717, 1.165) is 33.3 Å². The Morgan fingerprint density at radius 1 is 0.857 bits per heavy atom. The van der Waals surface area contributed by atoms with E-state index in [-0.39, 0.29) is 0 Å². The molecule has 3 nitrogen and oxygen atoms in total. The minimum absolute atomic E-state index is 0.315. The van der Waals surface area contributed by atoms with Crippen molar-refractivity contribution in [3.63, 3.8) is 0 Å². The van der Waals surface area contributed by atoms with Gasteiger partial charge in [0, 0.05) is 23.0 Å². The summed E-state index contributed by atoms with van der Waals surface area (Å²) in [6.45, 7) is 8.49. The van der Waals surface area contributed by atoms with Crippen LogP contribution in [0.5, 0.6) is 0 Å². The lowest BCUT2D eigenvalue weighted by Gasteiger charge is -2.11. The summed E-state index contributed by atoms with van der Waals surface area (Å²) < 4.78 is 0. The van der Waals surface area contributed by atoms with Gasteiger partial charge in [-0.1, -0.05) is 39.3 Å². The smallest absolute Gasteiger partial charge is 0.117 e. The fourth-order valence-electron chi connectivity index (χ4n) is 2.34. The van der Waals surface area contributed by atoms with E-state index in [1.54, 1.807) is 0 Å². The maximum absolute atomic E-state index is 6.38. The van der Waals surface area contributed by atoms with Crippen LogP contribution >= 0.6 is 11.6 Å². The molecule has 3 aromatic heterocycles. The molecule has 3 aromatic rings. The van der Waals surface area contributed by atoms with Gasteiger partial charge in [0.1, 0.15) is 11.0 Å². The molecule has 0 aromatic carbocycles. The highest BCUT2D eigenvalue weighted by atomic mass is 35.5. The quantitative estimate of drug-likeness (QED) is 0.619. The number of hydrogen-bond acceptors (Lipinski definition) is 3. The predicted molar refractivity (Wildman–Crippen MR) is 88.0 cm³/mol. The highest BCUT2D eigenvalue weighted by Crippen LogP contribution is 2.29. The first kappa shape index (κ1) is 14.2. The molecule has 0 saturated carbocycles. The Morgan fingerprint density at radius 2 is 1.52 bits per heavy atom. The molecule has 0 aliphatic carbocycles. The molecule has 0 fully saturated rings. The summed E-state index contributed by atoms with van der Waals surface area (Å²) in [5.41, 5.74) is 4.44. The zero-order valence-corrected chi connectivity index (χ0v) is 13.4. The third-order valence-electron chi connectivity index (χ3n) is 3.65. The van der Waals surface area contributed by atoms with Crippen LogP contribution in [0.2, 0.25) is 5.02 Å². The Kier molecular flexibility index (Phi) is 3.54. The number of pyridine rings is 3. The van der Waals surface area contributed by atoms with Gasteiger partial charge in [-0.05, 0) is 30.0 Å². The van der Waals surface area contributed by atoms with Gasteiger partial charge in [0.25, 0.3) is 0 Å². The Hall–Kier alpha value is -1.74. The molecule has 0 amide bonds. The van der Waals surface area contributed by atoms with Crippen LogP contribution < -0.4 is 0 Å². The van der Waals surface area contributed by atoms with Gasteiger partial charge >= 0.3 is 0 Å². The van der Waals surface area contributed by atoms with Crippen molar-refractivity contribution in [2.45, 2.75) is 39.5 Å². The predicted octanol–water partition coefficient (Wildman–Crippen LogP) is 5.08. The summed E-state index contributed by atoms with van der Waals surface area (Å²) in [5, 5.41) is 1.64. The molecule has 21 heavy (non-hydrogen) atoms. The second-order valence-electron chi connectivity index (χ2n) is 5.97. The molecule has 0 saturated heterocycles. The van der Waals surface area contributed by atoms with Crippen LogP contribution in [0, 0.1) is 0 Å². The third-order valence-corrected chi connectivity index (χ3v) is 3.94. The van der Waals surface area contributed by atoms with Crippen molar-refractivity contribution in [1.29, 1.82) is 0 Å². The molecule has 3 rings (SSSR count). The van der Waals surface area contributed by atoms with Crippen LogP contribution in [0.25, 0.3) is 21.9 Å². The Balaban J connectivity index is 2.41. The molecular formula is C17H18ClN3. The molecular weight excluding hydrogens is 282 g/mol. The standard InChI is InChI=1S/C17H18ClN3/c1-9(2)13-6-5-11-8-19-16-12(18)7-14(10(3)4)21-17(16)15(11)20-13/h5-10H,1-4H3. The molecule has 0 N–H and O–H groups in total. The molecule has 0 aliphatic rings. The number of rotatable bonds is 2. The lowest BCUT2D eigenvalue weighted by atomic mass is 10.1.